The molecule has 0 radical (unpaired) electrons. The molecule has 3 rings (SSSR count). The summed E-state index contributed by atoms with van der Waals surface area (Å²) in [6.45, 7) is 1.84. The van der Waals surface area contributed by atoms with Gasteiger partial charge in [-0.05, 0) is 48.9 Å². The topological polar surface area (TPSA) is 65.5 Å². The minimum Gasteiger partial charge on any atom is -0.495 e. The van der Waals surface area contributed by atoms with Gasteiger partial charge in [0.15, 0.2) is 5.75 Å². The Bertz CT molecular complexity index is 1020. The Kier molecular flexibility index (Phi) is 4.34. The molecular weight excluding hydrogens is 350 g/mol. The average molecular weight is 364 g/mol. The number of benzene rings is 2. The Morgan fingerprint density at radius 1 is 1.08 bits per heavy atom. The van der Waals surface area contributed by atoms with E-state index in [0.29, 0.717) is 15.9 Å². The third-order valence-electron chi connectivity index (χ3n) is 3.47. The number of nitrogens with zero attached hydrogens (tertiary/aromatic N) is 1. The highest BCUT2D eigenvalue weighted by atomic mass is 35.5. The zero-order chi connectivity index (χ0) is 17.3. The summed E-state index contributed by atoms with van der Waals surface area (Å²) in [6, 6.07) is 11.3. The van der Waals surface area contributed by atoms with Crippen LogP contribution in [0.2, 0.25) is 5.02 Å². The SMILES string of the molecule is COc1cc(C)ccc1S(=O)(=O)Oc1ccc(Cl)c2cccnc12. The molecule has 124 valence electrons. The van der Waals surface area contributed by atoms with E-state index in [2.05, 4.69) is 4.98 Å². The number of pyridine rings is 1. The molecule has 0 aliphatic carbocycles. The first-order valence-corrected chi connectivity index (χ1v) is 8.83. The van der Waals surface area contributed by atoms with Gasteiger partial charge >= 0.3 is 10.1 Å². The molecule has 0 atom stereocenters. The number of ether oxygens (including phenoxy) is 1. The number of rotatable bonds is 4. The maximum Gasteiger partial charge on any atom is 0.343 e. The molecule has 0 N–H and O–H groups in total. The molecule has 0 saturated carbocycles. The summed E-state index contributed by atoms with van der Waals surface area (Å²) in [5.41, 5.74) is 1.25. The number of hydrogen-bond acceptors (Lipinski definition) is 5. The fourth-order valence-electron chi connectivity index (χ4n) is 2.32. The summed E-state index contributed by atoms with van der Waals surface area (Å²) in [6.07, 6.45) is 1.55. The average Bonchev–Trinajstić information content (AvgIpc) is 2.57. The molecule has 0 fully saturated rings. The quantitative estimate of drug-likeness (QED) is 0.656. The molecule has 24 heavy (non-hydrogen) atoms. The maximum atomic E-state index is 12.7. The third kappa shape index (κ3) is 3.02. The molecule has 7 heteroatoms. The van der Waals surface area contributed by atoms with E-state index in [0.717, 1.165) is 5.56 Å². The number of fused-ring (bicyclic) bond motifs is 1. The van der Waals surface area contributed by atoms with E-state index in [1.807, 2.05) is 6.92 Å². The first-order valence-electron chi connectivity index (χ1n) is 7.05. The van der Waals surface area contributed by atoms with E-state index in [9.17, 15) is 8.42 Å². The molecule has 0 amide bonds. The van der Waals surface area contributed by atoms with Crippen LogP contribution in [0.25, 0.3) is 10.9 Å². The highest BCUT2D eigenvalue weighted by molar-refractivity contribution is 7.87. The van der Waals surface area contributed by atoms with Crippen molar-refractivity contribution < 1.29 is 17.3 Å². The Morgan fingerprint density at radius 3 is 2.62 bits per heavy atom. The molecule has 5 nitrogen and oxygen atoms in total. The number of aromatic nitrogens is 1. The van der Waals surface area contributed by atoms with Crippen LogP contribution in [-0.4, -0.2) is 20.5 Å². The third-order valence-corrected chi connectivity index (χ3v) is 5.07. The van der Waals surface area contributed by atoms with Gasteiger partial charge in [0.25, 0.3) is 0 Å². The number of halogens is 1. The fraction of sp³-hybridized carbons (Fsp3) is 0.118. The standard InChI is InChI=1S/C17H14ClNO4S/c1-11-5-8-16(15(10-11)22-2)24(20,21)23-14-7-6-13(18)12-4-3-9-19-17(12)14/h3-10H,1-2H3. The molecule has 0 unspecified atom stereocenters. The summed E-state index contributed by atoms with van der Waals surface area (Å²) < 4.78 is 35.8. The highest BCUT2D eigenvalue weighted by Crippen LogP contribution is 2.33. The van der Waals surface area contributed by atoms with E-state index >= 15 is 0 Å². The summed E-state index contributed by atoms with van der Waals surface area (Å²) in [5, 5.41) is 1.08. The van der Waals surface area contributed by atoms with Crippen molar-refractivity contribution in [3.63, 3.8) is 0 Å². The summed E-state index contributed by atoms with van der Waals surface area (Å²) >= 11 is 6.12. The van der Waals surface area contributed by atoms with Gasteiger partial charge in [0, 0.05) is 11.6 Å². The Hall–Kier alpha value is -2.31. The van der Waals surface area contributed by atoms with Crippen LogP contribution in [0.4, 0.5) is 0 Å². The second-order valence-corrected chi connectivity index (χ2v) is 7.06. The molecule has 1 aromatic heterocycles. The van der Waals surface area contributed by atoms with Gasteiger partial charge in [-0.1, -0.05) is 17.7 Å². The zero-order valence-corrected chi connectivity index (χ0v) is 14.6. The van der Waals surface area contributed by atoms with Gasteiger partial charge in [0.2, 0.25) is 0 Å². The molecule has 0 aliphatic rings. The Morgan fingerprint density at radius 2 is 1.88 bits per heavy atom. The van der Waals surface area contributed by atoms with Crippen molar-refractivity contribution in [1.29, 1.82) is 0 Å². The van der Waals surface area contributed by atoms with Crippen LogP contribution in [0.3, 0.4) is 0 Å². The van der Waals surface area contributed by atoms with Crippen LogP contribution in [0, 0.1) is 6.92 Å². The second kappa shape index (κ2) is 6.30. The first-order chi connectivity index (χ1) is 11.4. The second-order valence-electron chi connectivity index (χ2n) is 5.14. The lowest BCUT2D eigenvalue weighted by atomic mass is 10.2. The van der Waals surface area contributed by atoms with Crippen LogP contribution >= 0.6 is 11.6 Å². The van der Waals surface area contributed by atoms with Crippen molar-refractivity contribution in [2.75, 3.05) is 7.11 Å². The van der Waals surface area contributed by atoms with Crippen LogP contribution in [0.1, 0.15) is 5.56 Å². The fourth-order valence-corrected chi connectivity index (χ4v) is 3.62. The van der Waals surface area contributed by atoms with Gasteiger partial charge in [0.1, 0.15) is 16.2 Å². The number of aryl methyl sites for hydroxylation is 1. The van der Waals surface area contributed by atoms with Gasteiger partial charge < -0.3 is 8.92 Å². The van der Waals surface area contributed by atoms with Crippen molar-refractivity contribution in [2.45, 2.75) is 11.8 Å². The lowest BCUT2D eigenvalue weighted by molar-refractivity contribution is 0.398. The van der Waals surface area contributed by atoms with E-state index in [1.165, 1.54) is 19.2 Å². The van der Waals surface area contributed by atoms with Gasteiger partial charge in [-0.3, -0.25) is 4.98 Å². The summed E-state index contributed by atoms with van der Waals surface area (Å²) in [7, 11) is -2.68. The monoisotopic (exact) mass is 363 g/mol. The van der Waals surface area contributed by atoms with Gasteiger partial charge in [-0.2, -0.15) is 8.42 Å². The molecule has 0 saturated heterocycles. The van der Waals surface area contributed by atoms with Crippen LogP contribution < -0.4 is 8.92 Å². The lowest BCUT2D eigenvalue weighted by Crippen LogP contribution is -2.11. The predicted molar refractivity (Wildman–Crippen MR) is 92.3 cm³/mol. The van der Waals surface area contributed by atoms with Gasteiger partial charge in [-0.25, -0.2) is 0 Å². The maximum absolute atomic E-state index is 12.7. The van der Waals surface area contributed by atoms with Crippen LogP contribution in [0.15, 0.2) is 53.6 Å². The van der Waals surface area contributed by atoms with Crippen LogP contribution in [-0.2, 0) is 10.1 Å². The largest absolute Gasteiger partial charge is 0.495 e. The van der Waals surface area contributed by atoms with Crippen molar-refractivity contribution >= 4 is 32.6 Å². The lowest BCUT2D eigenvalue weighted by Gasteiger charge is -2.12. The molecule has 0 aliphatic heterocycles. The normalized spacial score (nSPS) is 11.5. The number of hydrogen-bond donors (Lipinski definition) is 0. The predicted octanol–water partition coefficient (Wildman–Crippen LogP) is 3.97. The highest BCUT2D eigenvalue weighted by Gasteiger charge is 2.23. The van der Waals surface area contributed by atoms with Crippen molar-refractivity contribution in [1.82, 2.24) is 4.98 Å². The number of methoxy groups -OCH3 is 1. The molecular formula is C17H14ClNO4S. The Balaban J connectivity index is 2.10. The van der Waals surface area contributed by atoms with Crippen LogP contribution in [0.5, 0.6) is 11.5 Å². The first kappa shape index (κ1) is 16.5. The van der Waals surface area contributed by atoms with E-state index in [4.69, 9.17) is 20.5 Å². The summed E-state index contributed by atoms with van der Waals surface area (Å²) in [4.78, 5) is 4.12. The minimum atomic E-state index is -4.09. The van der Waals surface area contributed by atoms with Gasteiger partial charge in [-0.15, -0.1) is 0 Å². The van der Waals surface area contributed by atoms with Crippen molar-refractivity contribution in [2.24, 2.45) is 0 Å². The van der Waals surface area contributed by atoms with Crippen molar-refractivity contribution in [3.05, 3.63) is 59.2 Å². The van der Waals surface area contributed by atoms with E-state index in [1.54, 1.807) is 36.5 Å². The molecule has 2 aromatic carbocycles. The molecule has 3 aromatic rings. The van der Waals surface area contributed by atoms with E-state index < -0.39 is 10.1 Å². The van der Waals surface area contributed by atoms with E-state index in [-0.39, 0.29) is 16.4 Å². The van der Waals surface area contributed by atoms with Gasteiger partial charge in [0.05, 0.1) is 12.1 Å². The summed E-state index contributed by atoms with van der Waals surface area (Å²) in [5.74, 6) is 0.332. The molecule has 0 bridgehead atoms. The van der Waals surface area contributed by atoms with Crippen molar-refractivity contribution in [3.8, 4) is 11.5 Å². The minimum absolute atomic E-state index is 0.0466. The zero-order valence-electron chi connectivity index (χ0n) is 13.0. The smallest absolute Gasteiger partial charge is 0.343 e. The Labute approximate surface area is 144 Å². The molecule has 0 spiro atoms. The molecule has 1 heterocycles.